The van der Waals surface area contributed by atoms with Gasteiger partial charge in [-0.15, -0.1) is 11.8 Å². The molecule has 2 atom stereocenters. The Labute approximate surface area is 236 Å². The molecule has 8 heteroatoms. The van der Waals surface area contributed by atoms with Gasteiger partial charge in [0.05, 0.1) is 24.0 Å². The number of aromatic nitrogens is 1. The second-order valence-electron chi connectivity index (χ2n) is 9.55. The zero-order valence-electron chi connectivity index (χ0n) is 23.0. The molecule has 0 fully saturated rings. The first-order valence-corrected chi connectivity index (χ1v) is 14.7. The Kier molecular flexibility index (Phi) is 15.1. The van der Waals surface area contributed by atoms with E-state index in [1.54, 1.807) is 6.07 Å². The molecule has 1 aromatic heterocycles. The number of hydrogen-bond donors (Lipinski definition) is 3. The molecule has 3 N–H and O–H groups in total. The molecule has 0 amide bonds. The van der Waals surface area contributed by atoms with Gasteiger partial charge in [0.2, 0.25) is 5.88 Å². The average Bonchev–Trinajstić information content (AvgIpc) is 2.91. The maximum absolute atomic E-state index is 11.5. The third-order valence-electron chi connectivity index (χ3n) is 6.33. The number of aliphatic hydroxyl groups is 1. The molecule has 1 aromatic carbocycles. The van der Waals surface area contributed by atoms with Gasteiger partial charge < -0.3 is 20.1 Å². The minimum Gasteiger partial charge on any atom is -0.481 e. The molecule has 212 valence electrons. The summed E-state index contributed by atoms with van der Waals surface area (Å²) in [6, 6.07) is 6.95. The van der Waals surface area contributed by atoms with E-state index in [-0.39, 0.29) is 17.9 Å². The van der Waals surface area contributed by atoms with Crippen molar-refractivity contribution in [3.05, 3.63) is 42.0 Å². The van der Waals surface area contributed by atoms with Crippen LogP contribution in [-0.2, 0) is 4.79 Å². The Balaban J connectivity index is 2.04. The molecule has 0 unspecified atom stereocenters. The van der Waals surface area contributed by atoms with E-state index in [2.05, 4.69) is 29.8 Å². The number of carboxylic acid groups (broad SMARTS) is 2. The summed E-state index contributed by atoms with van der Waals surface area (Å²) in [5.41, 5.74) is 0.556. The van der Waals surface area contributed by atoms with Crippen LogP contribution in [0.2, 0.25) is 0 Å². The lowest BCUT2D eigenvalue weighted by Gasteiger charge is -2.18. The van der Waals surface area contributed by atoms with Crippen molar-refractivity contribution in [3.8, 4) is 17.7 Å². The molecular formula is C31H41NO6S. The number of rotatable bonds is 18. The van der Waals surface area contributed by atoms with Crippen molar-refractivity contribution < 1.29 is 29.6 Å². The maximum Gasteiger partial charge on any atom is 0.341 e. The van der Waals surface area contributed by atoms with Crippen LogP contribution in [0.3, 0.4) is 0 Å². The Hall–Kier alpha value is -3.02. The number of aliphatic carboxylic acids is 1. The van der Waals surface area contributed by atoms with Crippen molar-refractivity contribution in [1.82, 2.24) is 4.98 Å². The fourth-order valence-electron chi connectivity index (χ4n) is 4.14. The first kappa shape index (κ1) is 32.2. The number of methoxy groups -OCH3 is 1. The van der Waals surface area contributed by atoms with Gasteiger partial charge in [-0.3, -0.25) is 4.79 Å². The number of fused-ring (bicyclic) bond motifs is 1. The third-order valence-corrected chi connectivity index (χ3v) is 7.54. The number of carbonyl (C=O) groups is 2. The highest BCUT2D eigenvalue weighted by atomic mass is 32.2. The van der Waals surface area contributed by atoms with Gasteiger partial charge in [-0.25, -0.2) is 9.78 Å². The lowest BCUT2D eigenvalue weighted by Crippen LogP contribution is -2.21. The molecule has 1 heterocycles. The molecule has 0 bridgehead atoms. The highest BCUT2D eigenvalue weighted by Crippen LogP contribution is 2.31. The quantitative estimate of drug-likeness (QED) is 0.101. The van der Waals surface area contributed by atoms with E-state index in [0.29, 0.717) is 23.7 Å². The van der Waals surface area contributed by atoms with Crippen LogP contribution in [0, 0.1) is 11.8 Å². The summed E-state index contributed by atoms with van der Waals surface area (Å²) in [4.78, 5) is 27.5. The zero-order valence-corrected chi connectivity index (χ0v) is 23.8. The van der Waals surface area contributed by atoms with Crippen LogP contribution < -0.4 is 4.74 Å². The Morgan fingerprint density at radius 3 is 2.44 bits per heavy atom. The molecular weight excluding hydrogens is 514 g/mol. The Bertz CT molecular complexity index is 1150. The molecule has 2 aromatic rings. The van der Waals surface area contributed by atoms with Crippen LogP contribution >= 0.6 is 11.8 Å². The fourth-order valence-corrected chi connectivity index (χ4v) is 5.18. The monoisotopic (exact) mass is 555 g/mol. The molecule has 0 aliphatic rings. The minimum atomic E-state index is -1.12. The van der Waals surface area contributed by atoms with E-state index in [1.165, 1.54) is 69.9 Å². The summed E-state index contributed by atoms with van der Waals surface area (Å²) < 4.78 is 5.15. The number of pyridine rings is 1. The normalized spacial score (nSPS) is 12.7. The van der Waals surface area contributed by atoms with Gasteiger partial charge in [0.25, 0.3) is 0 Å². The second kappa shape index (κ2) is 18.3. The molecule has 0 saturated carbocycles. The number of aromatic carboxylic acids is 1. The molecule has 0 aliphatic carbocycles. The molecule has 2 rings (SSSR count). The largest absolute Gasteiger partial charge is 0.481 e. The summed E-state index contributed by atoms with van der Waals surface area (Å²) in [5.74, 6) is 4.22. The first-order chi connectivity index (χ1) is 18.8. The van der Waals surface area contributed by atoms with E-state index in [1.807, 2.05) is 18.2 Å². The van der Waals surface area contributed by atoms with Crippen molar-refractivity contribution in [2.24, 2.45) is 0 Å². The number of carboxylic acids is 2. The summed E-state index contributed by atoms with van der Waals surface area (Å²) in [7, 11) is 1.38. The fraction of sp³-hybridized carbons (Fsp3) is 0.516. The van der Waals surface area contributed by atoms with E-state index in [4.69, 9.17) is 9.84 Å². The van der Waals surface area contributed by atoms with E-state index in [0.717, 1.165) is 17.7 Å². The van der Waals surface area contributed by atoms with Crippen molar-refractivity contribution in [2.75, 3.05) is 7.11 Å². The number of aliphatic hydroxyl groups excluding tert-OH is 1. The lowest BCUT2D eigenvalue weighted by molar-refractivity contribution is -0.137. The number of allylic oxidation sites excluding steroid dienone is 2. The highest BCUT2D eigenvalue weighted by molar-refractivity contribution is 8.00. The van der Waals surface area contributed by atoms with E-state index < -0.39 is 23.3 Å². The highest BCUT2D eigenvalue weighted by Gasteiger charge is 2.20. The van der Waals surface area contributed by atoms with Crippen molar-refractivity contribution in [2.45, 2.75) is 100 Å². The number of hydrogen-bond acceptors (Lipinski definition) is 6. The van der Waals surface area contributed by atoms with Crippen molar-refractivity contribution in [3.63, 3.8) is 0 Å². The molecule has 39 heavy (non-hydrogen) atoms. The number of thioether (sulfide) groups is 1. The van der Waals surface area contributed by atoms with Gasteiger partial charge in [-0.2, -0.15) is 0 Å². The van der Waals surface area contributed by atoms with Crippen molar-refractivity contribution in [1.29, 1.82) is 0 Å². The zero-order chi connectivity index (χ0) is 28.5. The Morgan fingerprint density at radius 2 is 1.77 bits per heavy atom. The smallest absolute Gasteiger partial charge is 0.341 e. The molecule has 0 saturated heterocycles. The van der Waals surface area contributed by atoms with Gasteiger partial charge >= 0.3 is 11.9 Å². The minimum absolute atomic E-state index is 0.00795. The van der Waals surface area contributed by atoms with E-state index >= 15 is 0 Å². The van der Waals surface area contributed by atoms with Crippen LogP contribution in [0.15, 0.2) is 41.3 Å². The number of benzene rings is 1. The summed E-state index contributed by atoms with van der Waals surface area (Å²) in [5, 5.41) is 29.3. The van der Waals surface area contributed by atoms with Crippen LogP contribution in [0.1, 0.15) is 94.3 Å². The second-order valence-corrected chi connectivity index (χ2v) is 10.8. The Morgan fingerprint density at radius 1 is 1.05 bits per heavy atom. The number of nitrogens with zero attached hydrogens (tertiary/aromatic N) is 1. The first-order valence-electron chi connectivity index (χ1n) is 13.8. The van der Waals surface area contributed by atoms with Gasteiger partial charge in [0.15, 0.2) is 0 Å². The van der Waals surface area contributed by atoms with Crippen molar-refractivity contribution >= 4 is 34.6 Å². The van der Waals surface area contributed by atoms with Gasteiger partial charge in [-0.05, 0) is 50.0 Å². The average molecular weight is 556 g/mol. The molecule has 0 spiro atoms. The molecule has 0 aliphatic heterocycles. The topological polar surface area (TPSA) is 117 Å². The number of ether oxygens (including phenoxy) is 1. The van der Waals surface area contributed by atoms with Crippen LogP contribution in [-0.4, -0.2) is 50.7 Å². The molecule has 7 nitrogen and oxygen atoms in total. The SMILES string of the molecule is CCCCCCCCCC/C=C/C#C[C@@H](Sc1ccc2cc(C(=O)O)c(OC)nc2c1)[C@@H](O)CCCC(=O)O. The van der Waals surface area contributed by atoms with Gasteiger partial charge in [-0.1, -0.05) is 75.9 Å². The van der Waals surface area contributed by atoms with Gasteiger partial charge in [0.1, 0.15) is 5.56 Å². The summed E-state index contributed by atoms with van der Waals surface area (Å²) in [6.07, 6.45) is 14.9. The van der Waals surface area contributed by atoms with Gasteiger partial charge in [0, 0.05) is 16.7 Å². The standard InChI is InChI=1S/C31H41NO6S/c1-3-4-5-6-7-8-9-10-11-12-13-14-17-28(27(33)16-15-18-29(34)35)39-24-20-19-23-21-25(31(36)37)30(38-2)32-26(23)22-24/h12-13,19-22,27-28,33H,3-11,15-16,18H2,1-2H3,(H,34,35)(H,36,37)/b13-12+/t27-,28+/m0/s1. The van der Waals surface area contributed by atoms with Crippen LogP contribution in [0.4, 0.5) is 0 Å². The van der Waals surface area contributed by atoms with Crippen LogP contribution in [0.25, 0.3) is 10.9 Å². The summed E-state index contributed by atoms with van der Waals surface area (Å²) >= 11 is 1.38. The van der Waals surface area contributed by atoms with Crippen LogP contribution in [0.5, 0.6) is 5.88 Å². The lowest BCUT2D eigenvalue weighted by atomic mass is 10.1. The third kappa shape index (κ3) is 12.1. The number of unbranched alkanes of at least 4 members (excludes halogenated alkanes) is 8. The predicted octanol–water partition coefficient (Wildman–Crippen LogP) is 7.11. The van der Waals surface area contributed by atoms with E-state index in [9.17, 15) is 19.8 Å². The summed E-state index contributed by atoms with van der Waals surface area (Å²) in [6.45, 7) is 2.23. The predicted molar refractivity (Wildman–Crippen MR) is 157 cm³/mol. The molecule has 0 radical (unpaired) electrons. The maximum atomic E-state index is 11.5.